The van der Waals surface area contributed by atoms with Crippen molar-refractivity contribution in [1.82, 2.24) is 10.2 Å². The van der Waals surface area contributed by atoms with Crippen LogP contribution in [0.4, 0.5) is 5.69 Å². The molecule has 2 amide bonds. The fourth-order valence-electron chi connectivity index (χ4n) is 3.05. The number of carbonyl (C=O) groups is 2. The third-order valence-corrected chi connectivity index (χ3v) is 6.68. The van der Waals surface area contributed by atoms with Crippen LogP contribution in [0.5, 0.6) is 5.75 Å². The van der Waals surface area contributed by atoms with Crippen LogP contribution in [0.2, 0.25) is 0 Å². The van der Waals surface area contributed by atoms with Crippen molar-refractivity contribution in [3.8, 4) is 5.75 Å². The Morgan fingerprint density at radius 2 is 1.69 bits per heavy atom. The molecular formula is C22H28IN3O5S. The first-order valence-corrected chi connectivity index (χ1v) is 12.9. The molecule has 0 bridgehead atoms. The van der Waals surface area contributed by atoms with E-state index in [1.165, 1.54) is 4.90 Å². The number of carbonyl (C=O) groups excluding carboxylic acids is 2. The van der Waals surface area contributed by atoms with E-state index in [-0.39, 0.29) is 12.5 Å². The third-order valence-electron chi connectivity index (χ3n) is 4.82. The normalized spacial score (nSPS) is 12.0. The molecule has 32 heavy (non-hydrogen) atoms. The SMILES string of the molecule is CCNC(=O)C(C)N(Cc1ccc(OC)cc1)C(=O)CN(c1ccc(I)cc1)S(C)(=O)=O. The number of ether oxygens (including phenoxy) is 1. The molecule has 0 aliphatic carbocycles. The second-order valence-electron chi connectivity index (χ2n) is 7.19. The number of rotatable bonds is 10. The van der Waals surface area contributed by atoms with Gasteiger partial charge in [0.1, 0.15) is 18.3 Å². The maximum Gasteiger partial charge on any atom is 0.244 e. The summed E-state index contributed by atoms with van der Waals surface area (Å²) in [6.07, 6.45) is 1.05. The summed E-state index contributed by atoms with van der Waals surface area (Å²) in [4.78, 5) is 27.2. The van der Waals surface area contributed by atoms with Crippen molar-refractivity contribution in [3.63, 3.8) is 0 Å². The van der Waals surface area contributed by atoms with Crippen molar-refractivity contribution in [1.29, 1.82) is 0 Å². The first kappa shape index (κ1) is 25.9. The largest absolute Gasteiger partial charge is 0.497 e. The molecule has 2 aromatic carbocycles. The van der Waals surface area contributed by atoms with Crippen LogP contribution < -0.4 is 14.4 Å². The van der Waals surface area contributed by atoms with E-state index < -0.39 is 28.5 Å². The van der Waals surface area contributed by atoms with Crippen molar-refractivity contribution in [2.24, 2.45) is 0 Å². The zero-order valence-corrected chi connectivity index (χ0v) is 21.5. The summed E-state index contributed by atoms with van der Waals surface area (Å²) in [5.74, 6) is -0.122. The summed E-state index contributed by atoms with van der Waals surface area (Å²) in [5.41, 5.74) is 1.17. The lowest BCUT2D eigenvalue weighted by atomic mass is 10.1. The number of likely N-dealkylation sites (N-methyl/N-ethyl adjacent to an activating group) is 1. The second-order valence-corrected chi connectivity index (χ2v) is 10.3. The number of hydrogen-bond acceptors (Lipinski definition) is 5. The lowest BCUT2D eigenvalue weighted by Gasteiger charge is -2.31. The third kappa shape index (κ3) is 7.09. The summed E-state index contributed by atoms with van der Waals surface area (Å²) in [6, 6.07) is 13.2. The van der Waals surface area contributed by atoms with Crippen LogP contribution in [0.15, 0.2) is 48.5 Å². The van der Waals surface area contributed by atoms with Gasteiger partial charge in [-0.3, -0.25) is 13.9 Å². The van der Waals surface area contributed by atoms with Gasteiger partial charge >= 0.3 is 0 Å². The molecule has 0 saturated carbocycles. The van der Waals surface area contributed by atoms with Crippen LogP contribution in [0.25, 0.3) is 0 Å². The van der Waals surface area contributed by atoms with Gasteiger partial charge < -0.3 is 15.0 Å². The first-order valence-electron chi connectivity index (χ1n) is 10.00. The molecule has 0 heterocycles. The molecule has 10 heteroatoms. The average Bonchev–Trinajstić information content (AvgIpc) is 2.75. The van der Waals surface area contributed by atoms with Crippen molar-refractivity contribution >= 4 is 50.1 Å². The zero-order chi connectivity index (χ0) is 23.9. The van der Waals surface area contributed by atoms with E-state index >= 15 is 0 Å². The van der Waals surface area contributed by atoms with Crippen LogP contribution in [0.1, 0.15) is 19.4 Å². The number of nitrogens with one attached hydrogen (secondary N) is 1. The quantitative estimate of drug-likeness (QED) is 0.441. The number of amides is 2. The Morgan fingerprint density at radius 1 is 1.09 bits per heavy atom. The van der Waals surface area contributed by atoms with Crippen LogP contribution in [0, 0.1) is 3.57 Å². The molecule has 1 unspecified atom stereocenters. The molecule has 1 N–H and O–H groups in total. The number of halogens is 1. The molecule has 8 nitrogen and oxygen atoms in total. The topological polar surface area (TPSA) is 96.0 Å². The number of nitrogens with zero attached hydrogens (tertiary/aromatic N) is 2. The van der Waals surface area contributed by atoms with Crippen molar-refractivity contribution in [2.75, 3.05) is 30.8 Å². The second kappa shape index (κ2) is 11.5. The average molecular weight is 573 g/mol. The maximum atomic E-state index is 13.3. The number of sulfonamides is 1. The first-order chi connectivity index (χ1) is 15.1. The van der Waals surface area contributed by atoms with E-state index in [0.717, 1.165) is 19.7 Å². The Hall–Kier alpha value is -2.34. The van der Waals surface area contributed by atoms with Gasteiger partial charge in [0.05, 0.1) is 19.1 Å². The van der Waals surface area contributed by atoms with E-state index in [2.05, 4.69) is 27.9 Å². The molecule has 2 rings (SSSR count). The summed E-state index contributed by atoms with van der Waals surface area (Å²) in [6.45, 7) is 3.57. The van der Waals surface area contributed by atoms with Crippen LogP contribution in [-0.2, 0) is 26.2 Å². The highest BCUT2D eigenvalue weighted by Crippen LogP contribution is 2.21. The monoisotopic (exact) mass is 573 g/mol. The lowest BCUT2D eigenvalue weighted by molar-refractivity contribution is -0.139. The number of anilines is 1. The fraction of sp³-hybridized carbons (Fsp3) is 0.364. The van der Waals surface area contributed by atoms with Gasteiger partial charge in [0.25, 0.3) is 0 Å². The molecule has 1 atom stereocenters. The van der Waals surface area contributed by atoms with Crippen LogP contribution >= 0.6 is 22.6 Å². The Kier molecular flexibility index (Phi) is 9.32. The van der Waals surface area contributed by atoms with Gasteiger partial charge in [-0.15, -0.1) is 0 Å². The van der Waals surface area contributed by atoms with E-state index in [1.54, 1.807) is 69.5 Å². The summed E-state index contributed by atoms with van der Waals surface area (Å²) in [5, 5.41) is 2.72. The van der Waals surface area contributed by atoms with Gasteiger partial charge in [-0.25, -0.2) is 8.42 Å². The molecule has 174 valence electrons. The highest BCUT2D eigenvalue weighted by Gasteiger charge is 2.29. The van der Waals surface area contributed by atoms with Gasteiger partial charge in [-0.05, 0) is 78.4 Å². The van der Waals surface area contributed by atoms with Gasteiger partial charge in [0.2, 0.25) is 21.8 Å². The minimum absolute atomic E-state index is 0.144. The summed E-state index contributed by atoms with van der Waals surface area (Å²) in [7, 11) is -2.17. The Bertz CT molecular complexity index is 1030. The highest BCUT2D eigenvalue weighted by atomic mass is 127. The van der Waals surface area contributed by atoms with E-state index in [9.17, 15) is 18.0 Å². The Balaban J connectivity index is 2.35. The van der Waals surface area contributed by atoms with Crippen LogP contribution in [-0.4, -0.2) is 57.6 Å². The number of hydrogen-bond donors (Lipinski definition) is 1. The Morgan fingerprint density at radius 3 is 2.19 bits per heavy atom. The molecule has 0 spiro atoms. The molecule has 2 aromatic rings. The van der Waals surface area contributed by atoms with Crippen molar-refractivity contribution in [3.05, 3.63) is 57.7 Å². The lowest BCUT2D eigenvalue weighted by Crippen LogP contribution is -2.51. The molecule has 0 radical (unpaired) electrons. The minimum Gasteiger partial charge on any atom is -0.497 e. The predicted octanol–water partition coefficient (Wildman–Crippen LogP) is 2.62. The van der Waals surface area contributed by atoms with Crippen molar-refractivity contribution < 1.29 is 22.7 Å². The Labute approximate surface area is 203 Å². The van der Waals surface area contributed by atoms with Crippen molar-refractivity contribution in [2.45, 2.75) is 26.4 Å². The number of benzene rings is 2. The van der Waals surface area contributed by atoms with Gasteiger partial charge in [0.15, 0.2) is 0 Å². The smallest absolute Gasteiger partial charge is 0.244 e. The minimum atomic E-state index is -3.73. The molecular weight excluding hydrogens is 545 g/mol. The van der Waals surface area contributed by atoms with Crippen LogP contribution in [0.3, 0.4) is 0 Å². The van der Waals surface area contributed by atoms with Gasteiger partial charge in [-0.1, -0.05) is 12.1 Å². The highest BCUT2D eigenvalue weighted by molar-refractivity contribution is 14.1. The molecule has 0 aliphatic rings. The summed E-state index contributed by atoms with van der Waals surface area (Å²) < 4.78 is 32.1. The molecule has 0 fully saturated rings. The number of methoxy groups -OCH3 is 1. The summed E-state index contributed by atoms with van der Waals surface area (Å²) >= 11 is 2.12. The standard InChI is InChI=1S/C22H28IN3O5S/c1-5-24-22(28)16(2)25(14-17-6-12-20(31-3)13-7-17)21(27)15-26(32(4,29)30)19-10-8-18(23)9-11-19/h6-13,16H,5,14-15H2,1-4H3,(H,24,28). The van der Waals surface area contributed by atoms with E-state index in [4.69, 9.17) is 4.74 Å². The molecule has 0 saturated heterocycles. The van der Waals surface area contributed by atoms with Gasteiger partial charge in [0, 0.05) is 16.7 Å². The zero-order valence-electron chi connectivity index (χ0n) is 18.5. The molecule has 0 aliphatic heterocycles. The van der Waals surface area contributed by atoms with E-state index in [1.807, 2.05) is 0 Å². The van der Waals surface area contributed by atoms with Gasteiger partial charge in [-0.2, -0.15) is 0 Å². The fourth-order valence-corrected chi connectivity index (χ4v) is 4.26. The van der Waals surface area contributed by atoms with E-state index in [0.29, 0.717) is 18.0 Å². The predicted molar refractivity (Wildman–Crippen MR) is 133 cm³/mol. The molecule has 0 aromatic heterocycles. The maximum absolute atomic E-state index is 13.3.